The van der Waals surface area contributed by atoms with E-state index < -0.39 is 0 Å². The number of hydrogen-bond acceptors (Lipinski definition) is 4. The Morgan fingerprint density at radius 1 is 1.03 bits per heavy atom. The lowest BCUT2D eigenvalue weighted by molar-refractivity contribution is 0.0895. The first-order valence-electron chi connectivity index (χ1n) is 10.6. The molecule has 30 heavy (non-hydrogen) atoms. The number of likely N-dealkylation sites (tertiary alicyclic amines) is 1. The van der Waals surface area contributed by atoms with Crippen molar-refractivity contribution in [3.63, 3.8) is 0 Å². The van der Waals surface area contributed by atoms with E-state index in [1.165, 1.54) is 24.0 Å². The zero-order valence-corrected chi connectivity index (χ0v) is 19.0. The second kappa shape index (κ2) is 9.84. The van der Waals surface area contributed by atoms with Crippen LogP contribution in [0.25, 0.3) is 0 Å². The van der Waals surface area contributed by atoms with E-state index in [4.69, 9.17) is 9.47 Å². The fraction of sp³-hybridized carbons (Fsp3) is 0.480. The van der Waals surface area contributed by atoms with Gasteiger partial charge in [-0.25, -0.2) is 0 Å². The number of Topliss-reactive ketones (excluding diaryl/α,β-unsaturated/α-hetero) is 1. The van der Waals surface area contributed by atoms with E-state index in [1.54, 1.807) is 14.2 Å². The van der Waals surface area contributed by atoms with Crippen molar-refractivity contribution in [1.82, 2.24) is 4.90 Å². The van der Waals surface area contributed by atoms with Gasteiger partial charge in [0.2, 0.25) is 0 Å². The molecule has 4 nitrogen and oxygen atoms in total. The maximum Gasteiger partial charge on any atom is 0.166 e. The molecule has 2 aromatic rings. The van der Waals surface area contributed by atoms with Crippen LogP contribution in [0, 0.1) is 18.8 Å². The van der Waals surface area contributed by atoms with Crippen LogP contribution >= 0.6 is 12.4 Å². The van der Waals surface area contributed by atoms with Gasteiger partial charge in [-0.2, -0.15) is 0 Å². The van der Waals surface area contributed by atoms with Crippen LogP contribution in [0.1, 0.15) is 46.3 Å². The summed E-state index contributed by atoms with van der Waals surface area (Å²) in [6, 6.07) is 12.6. The molecule has 4 rings (SSSR count). The average molecular weight is 430 g/mol. The number of fused-ring (bicyclic) bond motifs is 1. The van der Waals surface area contributed by atoms with Gasteiger partial charge in [0.15, 0.2) is 17.3 Å². The smallest absolute Gasteiger partial charge is 0.166 e. The van der Waals surface area contributed by atoms with Crippen LogP contribution in [-0.4, -0.2) is 38.0 Å². The lowest BCUT2D eigenvalue weighted by atomic mass is 9.85. The zero-order valence-electron chi connectivity index (χ0n) is 18.1. The molecule has 1 unspecified atom stereocenters. The number of rotatable bonds is 6. The zero-order chi connectivity index (χ0) is 20.4. The molecule has 1 heterocycles. The van der Waals surface area contributed by atoms with Crippen LogP contribution in [0.2, 0.25) is 0 Å². The lowest BCUT2D eigenvalue weighted by Crippen LogP contribution is -2.34. The maximum absolute atomic E-state index is 13.0. The predicted molar refractivity (Wildman–Crippen MR) is 122 cm³/mol. The summed E-state index contributed by atoms with van der Waals surface area (Å²) in [4.78, 5) is 15.5. The number of piperidine rings is 1. The standard InChI is InChI=1S/C25H31NO3.ClH/c1-17-5-4-6-19(11-17)16-26-9-7-18(8-10-26)12-21-13-20-14-23(28-2)24(29-3)15-22(20)25(21)27;/h4-6,11,14-15,18,21H,7-10,12-13,16H2,1-3H3;1H. The van der Waals surface area contributed by atoms with E-state index in [-0.39, 0.29) is 24.1 Å². The molecule has 0 bridgehead atoms. The van der Waals surface area contributed by atoms with Gasteiger partial charge in [0.25, 0.3) is 0 Å². The monoisotopic (exact) mass is 429 g/mol. The van der Waals surface area contributed by atoms with Crippen LogP contribution < -0.4 is 9.47 Å². The molecular formula is C25H32ClNO3. The number of hydrogen-bond donors (Lipinski definition) is 0. The number of methoxy groups -OCH3 is 2. The van der Waals surface area contributed by atoms with Gasteiger partial charge < -0.3 is 9.47 Å². The van der Waals surface area contributed by atoms with E-state index >= 15 is 0 Å². The van der Waals surface area contributed by atoms with Crippen LogP contribution in [0.5, 0.6) is 11.5 Å². The Hall–Kier alpha value is -2.04. The minimum atomic E-state index is 0. The Bertz CT molecular complexity index is 890. The molecular weight excluding hydrogens is 398 g/mol. The largest absolute Gasteiger partial charge is 0.493 e. The van der Waals surface area contributed by atoms with Gasteiger partial charge in [0.05, 0.1) is 14.2 Å². The molecule has 0 aromatic heterocycles. The fourth-order valence-corrected chi connectivity index (χ4v) is 4.94. The number of carbonyl (C=O) groups is 1. The second-order valence-electron chi connectivity index (χ2n) is 8.57. The highest BCUT2D eigenvalue weighted by atomic mass is 35.5. The van der Waals surface area contributed by atoms with Crippen LogP contribution in [0.4, 0.5) is 0 Å². The first-order chi connectivity index (χ1) is 14.1. The minimum Gasteiger partial charge on any atom is -0.493 e. The summed E-state index contributed by atoms with van der Waals surface area (Å²) >= 11 is 0. The number of benzene rings is 2. The number of ketones is 1. The van der Waals surface area contributed by atoms with Gasteiger partial charge >= 0.3 is 0 Å². The summed E-state index contributed by atoms with van der Waals surface area (Å²) in [5.41, 5.74) is 4.65. The molecule has 1 aliphatic carbocycles. The van der Waals surface area contributed by atoms with Gasteiger partial charge in [0, 0.05) is 18.0 Å². The number of ether oxygens (including phenoxy) is 2. The SMILES string of the molecule is COc1cc2c(cc1OC)C(=O)C(CC1CCN(Cc3cccc(C)c3)CC1)C2.Cl. The second-order valence-corrected chi connectivity index (χ2v) is 8.57. The summed E-state index contributed by atoms with van der Waals surface area (Å²) in [5, 5.41) is 0. The Labute approximate surface area is 186 Å². The Kier molecular flexibility index (Phi) is 7.43. The summed E-state index contributed by atoms with van der Waals surface area (Å²) in [6.45, 7) is 5.42. The first kappa shape index (κ1) is 22.6. The minimum absolute atomic E-state index is 0. The van der Waals surface area contributed by atoms with Crippen molar-refractivity contribution in [3.8, 4) is 11.5 Å². The molecule has 0 radical (unpaired) electrons. The van der Waals surface area contributed by atoms with E-state index in [9.17, 15) is 4.79 Å². The van der Waals surface area contributed by atoms with Gasteiger partial charge in [-0.3, -0.25) is 9.69 Å². The molecule has 0 amide bonds. The topological polar surface area (TPSA) is 38.8 Å². The molecule has 0 N–H and O–H groups in total. The Morgan fingerprint density at radius 2 is 1.73 bits per heavy atom. The number of halogens is 1. The third kappa shape index (κ3) is 4.81. The van der Waals surface area contributed by atoms with Crippen molar-refractivity contribution in [2.24, 2.45) is 11.8 Å². The third-order valence-electron chi connectivity index (χ3n) is 6.53. The molecule has 2 aliphatic rings. The number of carbonyl (C=O) groups excluding carboxylic acids is 1. The van der Waals surface area contributed by atoms with Crippen LogP contribution in [0.3, 0.4) is 0 Å². The molecule has 0 saturated carbocycles. The van der Waals surface area contributed by atoms with Crippen LogP contribution in [0.15, 0.2) is 36.4 Å². The average Bonchev–Trinajstić information content (AvgIpc) is 3.03. The lowest BCUT2D eigenvalue weighted by Gasteiger charge is -2.33. The van der Waals surface area contributed by atoms with E-state index in [0.29, 0.717) is 17.4 Å². The quantitative estimate of drug-likeness (QED) is 0.641. The highest BCUT2D eigenvalue weighted by Crippen LogP contribution is 2.39. The molecule has 1 saturated heterocycles. The maximum atomic E-state index is 13.0. The van der Waals surface area contributed by atoms with E-state index in [2.05, 4.69) is 36.1 Å². The fourth-order valence-electron chi connectivity index (χ4n) is 4.94. The van der Waals surface area contributed by atoms with Crippen molar-refractivity contribution < 1.29 is 14.3 Å². The summed E-state index contributed by atoms with van der Waals surface area (Å²) in [6.07, 6.45) is 4.19. The molecule has 5 heteroatoms. The van der Waals surface area contributed by atoms with Crippen LogP contribution in [-0.2, 0) is 13.0 Å². The molecule has 2 aromatic carbocycles. The summed E-state index contributed by atoms with van der Waals surface area (Å²) < 4.78 is 10.8. The van der Waals surface area contributed by atoms with Crippen molar-refractivity contribution in [2.75, 3.05) is 27.3 Å². The highest BCUT2D eigenvalue weighted by molar-refractivity contribution is 6.02. The van der Waals surface area contributed by atoms with E-state index in [1.807, 2.05) is 12.1 Å². The first-order valence-corrected chi connectivity index (χ1v) is 10.6. The molecule has 1 fully saturated rings. The summed E-state index contributed by atoms with van der Waals surface area (Å²) in [5.74, 6) is 2.38. The van der Waals surface area contributed by atoms with Crippen molar-refractivity contribution in [2.45, 2.75) is 39.2 Å². The third-order valence-corrected chi connectivity index (χ3v) is 6.53. The molecule has 0 spiro atoms. The molecule has 1 aliphatic heterocycles. The van der Waals surface area contributed by atoms with Gasteiger partial charge in [-0.15, -0.1) is 12.4 Å². The number of aryl methyl sites for hydroxylation is 1. The van der Waals surface area contributed by atoms with Gasteiger partial charge in [0.1, 0.15) is 0 Å². The molecule has 1 atom stereocenters. The van der Waals surface area contributed by atoms with E-state index in [0.717, 1.165) is 43.6 Å². The summed E-state index contributed by atoms with van der Waals surface area (Å²) in [7, 11) is 3.26. The Balaban J connectivity index is 0.00000256. The van der Waals surface area contributed by atoms with Crippen molar-refractivity contribution in [3.05, 3.63) is 58.7 Å². The predicted octanol–water partition coefficient (Wildman–Crippen LogP) is 5.09. The van der Waals surface area contributed by atoms with Gasteiger partial charge in [-0.05, 0) is 74.9 Å². The number of nitrogens with zero attached hydrogens (tertiary/aromatic N) is 1. The normalized spacial score (nSPS) is 19.3. The molecule has 162 valence electrons. The highest BCUT2D eigenvalue weighted by Gasteiger charge is 2.34. The Morgan fingerprint density at radius 3 is 2.40 bits per heavy atom. The van der Waals surface area contributed by atoms with Crippen molar-refractivity contribution in [1.29, 1.82) is 0 Å². The van der Waals surface area contributed by atoms with Gasteiger partial charge in [-0.1, -0.05) is 29.8 Å². The van der Waals surface area contributed by atoms with Crippen molar-refractivity contribution >= 4 is 18.2 Å².